The number of hydrogen-bond acceptors (Lipinski definition) is 3. The third kappa shape index (κ3) is 2.88. The molecule has 0 radical (unpaired) electrons. The molecule has 0 atom stereocenters. The smallest absolute Gasteiger partial charge is 0.237 e. The van der Waals surface area contributed by atoms with E-state index in [1.165, 1.54) is 4.68 Å². The molecule has 4 aromatic rings. The first-order valence-electron chi connectivity index (χ1n) is 7.74. The molecule has 0 aliphatic rings. The predicted octanol–water partition coefficient (Wildman–Crippen LogP) is 3.64. The summed E-state index contributed by atoms with van der Waals surface area (Å²) >= 11 is 0. The Bertz CT molecular complexity index is 1120. The Morgan fingerprint density at radius 1 is 0.840 bits per heavy atom. The minimum atomic E-state index is -3.70. The summed E-state index contributed by atoms with van der Waals surface area (Å²) in [7, 11) is -3.70. The van der Waals surface area contributed by atoms with Crippen LogP contribution in [0.2, 0.25) is 0 Å². The Labute approximate surface area is 145 Å². The van der Waals surface area contributed by atoms with E-state index >= 15 is 0 Å². The van der Waals surface area contributed by atoms with E-state index < -0.39 is 10.0 Å². The maximum absolute atomic E-state index is 12.6. The van der Waals surface area contributed by atoms with Crippen LogP contribution in [0.15, 0.2) is 90.1 Å². The van der Waals surface area contributed by atoms with E-state index in [4.69, 9.17) is 0 Å². The van der Waals surface area contributed by atoms with Crippen molar-refractivity contribution in [1.82, 2.24) is 9.66 Å². The van der Waals surface area contributed by atoms with Gasteiger partial charge in [-0.05, 0) is 29.8 Å². The van der Waals surface area contributed by atoms with Crippen LogP contribution in [-0.2, 0) is 10.0 Å². The summed E-state index contributed by atoms with van der Waals surface area (Å²) in [5.41, 5.74) is 2.47. The normalized spacial score (nSPS) is 11.5. The molecule has 2 aromatic carbocycles. The van der Waals surface area contributed by atoms with Crippen molar-refractivity contribution in [3.8, 4) is 11.1 Å². The van der Waals surface area contributed by atoms with Crippen LogP contribution in [0.4, 0.5) is 0 Å². The molecule has 2 aromatic heterocycles. The van der Waals surface area contributed by atoms with Crippen LogP contribution in [0, 0.1) is 0 Å². The van der Waals surface area contributed by atoms with E-state index in [0.29, 0.717) is 5.65 Å². The Hall–Kier alpha value is -3.12. The second-order valence-corrected chi connectivity index (χ2v) is 7.22. The SMILES string of the molecule is O=S(=O)(Nn1cc(-c2ccccc2)c2cccnc21)c1ccccc1. The standard InChI is InChI=1S/C19H15N3O2S/c23-25(24,16-10-5-2-6-11-16)21-22-14-18(15-8-3-1-4-9-15)17-12-7-13-20-19(17)22/h1-14,21H. The molecule has 25 heavy (non-hydrogen) atoms. The summed E-state index contributed by atoms with van der Waals surface area (Å²) in [5.74, 6) is 0. The molecule has 1 N–H and O–H groups in total. The van der Waals surface area contributed by atoms with Gasteiger partial charge in [-0.15, -0.1) is 0 Å². The fourth-order valence-electron chi connectivity index (χ4n) is 2.76. The van der Waals surface area contributed by atoms with E-state index in [2.05, 4.69) is 9.82 Å². The van der Waals surface area contributed by atoms with Gasteiger partial charge in [0.25, 0.3) is 10.0 Å². The second kappa shape index (κ2) is 6.07. The van der Waals surface area contributed by atoms with Gasteiger partial charge in [0.2, 0.25) is 0 Å². The quantitative estimate of drug-likeness (QED) is 0.612. The lowest BCUT2D eigenvalue weighted by atomic mass is 10.1. The zero-order chi connectivity index (χ0) is 17.3. The number of fused-ring (bicyclic) bond motifs is 1. The van der Waals surface area contributed by atoms with Gasteiger partial charge in [-0.1, -0.05) is 48.5 Å². The van der Waals surface area contributed by atoms with Crippen molar-refractivity contribution < 1.29 is 8.42 Å². The summed E-state index contributed by atoms with van der Waals surface area (Å²) in [5, 5.41) is 0.879. The highest BCUT2D eigenvalue weighted by Gasteiger charge is 2.17. The number of pyridine rings is 1. The van der Waals surface area contributed by atoms with Gasteiger partial charge in [-0.25, -0.2) is 14.5 Å². The number of nitrogens with one attached hydrogen (secondary N) is 1. The van der Waals surface area contributed by atoms with Gasteiger partial charge < -0.3 is 0 Å². The van der Waals surface area contributed by atoms with Gasteiger partial charge in [0.15, 0.2) is 5.65 Å². The summed E-state index contributed by atoms with van der Waals surface area (Å²) in [6, 6.07) is 21.8. The van der Waals surface area contributed by atoms with Crippen molar-refractivity contribution in [3.05, 3.63) is 85.2 Å². The molecule has 124 valence electrons. The predicted molar refractivity (Wildman–Crippen MR) is 98.2 cm³/mol. The van der Waals surface area contributed by atoms with Crippen LogP contribution in [0.1, 0.15) is 0 Å². The van der Waals surface area contributed by atoms with Crippen LogP contribution in [0.5, 0.6) is 0 Å². The molecule has 2 heterocycles. The summed E-state index contributed by atoms with van der Waals surface area (Å²) < 4.78 is 26.7. The van der Waals surface area contributed by atoms with Crippen LogP contribution in [-0.4, -0.2) is 18.1 Å². The molecule has 4 rings (SSSR count). The zero-order valence-electron chi connectivity index (χ0n) is 13.2. The summed E-state index contributed by atoms with van der Waals surface area (Å²) in [4.78, 5) is 7.14. The molecule has 0 spiro atoms. The Kier molecular flexibility index (Phi) is 3.74. The Morgan fingerprint density at radius 2 is 1.52 bits per heavy atom. The van der Waals surface area contributed by atoms with Gasteiger partial charge in [0, 0.05) is 23.3 Å². The van der Waals surface area contributed by atoms with Crippen molar-refractivity contribution in [2.45, 2.75) is 4.90 Å². The molecular formula is C19H15N3O2S. The molecule has 5 nitrogen and oxygen atoms in total. The summed E-state index contributed by atoms with van der Waals surface area (Å²) in [6.45, 7) is 0. The van der Waals surface area contributed by atoms with Gasteiger partial charge in [0.05, 0.1) is 4.90 Å². The molecule has 0 aliphatic heterocycles. The summed E-state index contributed by atoms with van der Waals surface area (Å²) in [6.07, 6.45) is 3.40. The highest BCUT2D eigenvalue weighted by molar-refractivity contribution is 7.92. The lowest BCUT2D eigenvalue weighted by Crippen LogP contribution is -2.22. The minimum absolute atomic E-state index is 0.203. The third-order valence-electron chi connectivity index (χ3n) is 3.92. The Balaban J connectivity index is 1.84. The molecule has 0 bridgehead atoms. The van der Waals surface area contributed by atoms with Crippen molar-refractivity contribution in [3.63, 3.8) is 0 Å². The van der Waals surface area contributed by atoms with Crippen LogP contribution >= 0.6 is 0 Å². The average molecular weight is 349 g/mol. The molecular weight excluding hydrogens is 334 g/mol. The number of hydrogen-bond donors (Lipinski definition) is 1. The van der Waals surface area contributed by atoms with E-state index in [1.54, 1.807) is 42.7 Å². The van der Waals surface area contributed by atoms with Crippen LogP contribution < -0.4 is 4.83 Å². The van der Waals surface area contributed by atoms with E-state index in [0.717, 1.165) is 16.5 Å². The van der Waals surface area contributed by atoms with Crippen molar-refractivity contribution in [2.75, 3.05) is 4.83 Å². The maximum Gasteiger partial charge on any atom is 0.275 e. The molecule has 0 aliphatic carbocycles. The second-order valence-electron chi connectivity index (χ2n) is 5.56. The first-order chi connectivity index (χ1) is 12.1. The zero-order valence-corrected chi connectivity index (χ0v) is 14.0. The van der Waals surface area contributed by atoms with Gasteiger partial charge in [-0.2, -0.15) is 8.42 Å². The maximum atomic E-state index is 12.6. The number of benzene rings is 2. The monoisotopic (exact) mass is 349 g/mol. The van der Waals surface area contributed by atoms with E-state index in [9.17, 15) is 8.42 Å². The van der Waals surface area contributed by atoms with E-state index in [-0.39, 0.29) is 4.90 Å². The first-order valence-corrected chi connectivity index (χ1v) is 9.23. The number of nitrogens with zero attached hydrogens (tertiary/aromatic N) is 2. The molecule has 0 saturated heterocycles. The lowest BCUT2D eigenvalue weighted by Gasteiger charge is -2.09. The number of rotatable bonds is 4. The van der Waals surface area contributed by atoms with Crippen LogP contribution in [0.25, 0.3) is 22.2 Å². The number of sulfonamides is 1. The molecule has 6 heteroatoms. The molecule has 0 saturated carbocycles. The van der Waals surface area contributed by atoms with Gasteiger partial charge >= 0.3 is 0 Å². The first kappa shape index (κ1) is 15.4. The van der Waals surface area contributed by atoms with Crippen LogP contribution in [0.3, 0.4) is 0 Å². The fourth-order valence-corrected chi connectivity index (χ4v) is 3.78. The highest BCUT2D eigenvalue weighted by Crippen LogP contribution is 2.29. The fraction of sp³-hybridized carbons (Fsp3) is 0. The van der Waals surface area contributed by atoms with E-state index in [1.807, 2.05) is 42.5 Å². The van der Waals surface area contributed by atoms with Gasteiger partial charge in [0.1, 0.15) is 0 Å². The third-order valence-corrected chi connectivity index (χ3v) is 5.25. The minimum Gasteiger partial charge on any atom is -0.237 e. The molecule has 0 fully saturated rings. The Morgan fingerprint density at radius 3 is 2.24 bits per heavy atom. The van der Waals surface area contributed by atoms with Crippen molar-refractivity contribution >= 4 is 21.1 Å². The molecule has 0 amide bonds. The lowest BCUT2D eigenvalue weighted by molar-refractivity contribution is 0.596. The number of aromatic nitrogens is 2. The highest BCUT2D eigenvalue weighted by atomic mass is 32.2. The van der Waals surface area contributed by atoms with Gasteiger partial charge in [-0.3, -0.25) is 0 Å². The molecule has 0 unspecified atom stereocenters. The topological polar surface area (TPSA) is 64.0 Å². The largest absolute Gasteiger partial charge is 0.275 e. The average Bonchev–Trinajstić information content (AvgIpc) is 3.01. The van der Waals surface area contributed by atoms with Crippen molar-refractivity contribution in [1.29, 1.82) is 0 Å². The van der Waals surface area contributed by atoms with Crippen molar-refractivity contribution in [2.24, 2.45) is 0 Å².